The van der Waals surface area contributed by atoms with Crippen molar-refractivity contribution in [3.63, 3.8) is 0 Å². The third kappa shape index (κ3) is 1.73. The molecule has 1 amide bonds. The van der Waals surface area contributed by atoms with Gasteiger partial charge in [-0.3, -0.25) is 4.79 Å². The van der Waals surface area contributed by atoms with Gasteiger partial charge in [0.05, 0.1) is 0 Å². The summed E-state index contributed by atoms with van der Waals surface area (Å²) in [5.74, 6) is 1.92. The minimum Gasteiger partial charge on any atom is -0.361 e. The maximum Gasteiger partial charge on any atom is 0.276 e. The van der Waals surface area contributed by atoms with Gasteiger partial charge in [-0.25, -0.2) is 0 Å². The van der Waals surface area contributed by atoms with Crippen molar-refractivity contribution in [2.75, 3.05) is 19.6 Å². The normalized spacial score (nSPS) is 30.8. The van der Waals surface area contributed by atoms with E-state index in [-0.39, 0.29) is 5.91 Å². The van der Waals surface area contributed by atoms with Crippen molar-refractivity contribution in [2.24, 2.45) is 11.8 Å². The molecule has 0 radical (unpaired) electrons. The first-order valence-electron chi connectivity index (χ1n) is 6.65. The Labute approximate surface area is 107 Å². The maximum absolute atomic E-state index is 12.4. The van der Waals surface area contributed by atoms with Crippen LogP contribution in [0.15, 0.2) is 10.6 Å². The van der Waals surface area contributed by atoms with Gasteiger partial charge in [0.1, 0.15) is 5.76 Å². The van der Waals surface area contributed by atoms with Gasteiger partial charge in [0.25, 0.3) is 5.91 Å². The first kappa shape index (κ1) is 11.7. The third-order valence-corrected chi connectivity index (χ3v) is 4.24. The number of carbonyl (C=O) groups is 1. The van der Waals surface area contributed by atoms with Crippen molar-refractivity contribution in [1.29, 1.82) is 0 Å². The van der Waals surface area contributed by atoms with Gasteiger partial charge >= 0.3 is 0 Å². The topological polar surface area (TPSA) is 58.4 Å². The van der Waals surface area contributed by atoms with Crippen molar-refractivity contribution < 1.29 is 9.32 Å². The summed E-state index contributed by atoms with van der Waals surface area (Å²) >= 11 is 0. The number of hydrogen-bond donors (Lipinski definition) is 1. The molecule has 1 aromatic rings. The molecule has 0 aliphatic carbocycles. The zero-order chi connectivity index (χ0) is 12.7. The molecule has 2 fully saturated rings. The highest BCUT2D eigenvalue weighted by Gasteiger charge is 2.45. The number of carbonyl (C=O) groups excluding carboxylic acids is 1. The highest BCUT2D eigenvalue weighted by Crippen LogP contribution is 2.34. The molecule has 1 N–H and O–H groups in total. The number of amides is 1. The van der Waals surface area contributed by atoms with Crippen molar-refractivity contribution in [3.8, 4) is 0 Å². The maximum atomic E-state index is 12.4. The van der Waals surface area contributed by atoms with E-state index < -0.39 is 0 Å². The number of nitrogens with zero attached hydrogens (tertiary/aromatic N) is 2. The standard InChI is InChI=1S/C13H19N3O2/c1-3-12-10-6-14-5-9(10)7-16(12)13(17)11-4-8(2)18-15-11/h4,9-10,12,14H,3,5-7H2,1-2H3. The first-order valence-corrected chi connectivity index (χ1v) is 6.65. The lowest BCUT2D eigenvalue weighted by Gasteiger charge is -2.26. The molecule has 2 aliphatic rings. The molecule has 0 spiro atoms. The number of fused-ring (bicyclic) bond motifs is 1. The fraction of sp³-hybridized carbons (Fsp3) is 0.692. The van der Waals surface area contributed by atoms with E-state index in [9.17, 15) is 4.79 Å². The van der Waals surface area contributed by atoms with Crippen LogP contribution in [0.1, 0.15) is 29.6 Å². The zero-order valence-corrected chi connectivity index (χ0v) is 10.8. The first-order chi connectivity index (χ1) is 8.70. The largest absolute Gasteiger partial charge is 0.361 e. The monoisotopic (exact) mass is 249 g/mol. The van der Waals surface area contributed by atoms with Crippen molar-refractivity contribution >= 4 is 5.91 Å². The molecule has 3 heterocycles. The minimum atomic E-state index is 0.0214. The van der Waals surface area contributed by atoms with E-state index in [1.54, 1.807) is 6.07 Å². The summed E-state index contributed by atoms with van der Waals surface area (Å²) in [6, 6.07) is 2.07. The molecule has 3 atom stereocenters. The molecule has 18 heavy (non-hydrogen) atoms. The van der Waals surface area contributed by atoms with Gasteiger partial charge in [0.2, 0.25) is 0 Å². The Bertz CT molecular complexity index is 457. The van der Waals surface area contributed by atoms with E-state index in [0.29, 0.717) is 29.3 Å². The molecule has 1 aromatic heterocycles. The predicted octanol–water partition coefficient (Wildman–Crippen LogP) is 1.05. The van der Waals surface area contributed by atoms with Crippen LogP contribution in [0, 0.1) is 18.8 Å². The van der Waals surface area contributed by atoms with Crippen LogP contribution in [-0.4, -0.2) is 41.6 Å². The molecule has 2 aliphatic heterocycles. The number of hydrogen-bond acceptors (Lipinski definition) is 4. The fourth-order valence-electron chi connectivity index (χ4n) is 3.39. The Morgan fingerprint density at radius 3 is 3.11 bits per heavy atom. The fourth-order valence-corrected chi connectivity index (χ4v) is 3.39. The summed E-state index contributed by atoms with van der Waals surface area (Å²) in [5.41, 5.74) is 0.443. The average Bonchev–Trinajstić information content (AvgIpc) is 3.01. The van der Waals surface area contributed by atoms with Crippen LogP contribution >= 0.6 is 0 Å². The van der Waals surface area contributed by atoms with Gasteiger partial charge in [-0.2, -0.15) is 0 Å². The van der Waals surface area contributed by atoms with E-state index in [1.165, 1.54) is 0 Å². The van der Waals surface area contributed by atoms with Crippen LogP contribution in [0.3, 0.4) is 0 Å². The van der Waals surface area contributed by atoms with Gasteiger partial charge in [-0.15, -0.1) is 0 Å². The molecule has 0 saturated carbocycles. The lowest BCUT2D eigenvalue weighted by molar-refractivity contribution is 0.0701. The zero-order valence-electron chi connectivity index (χ0n) is 10.8. The van der Waals surface area contributed by atoms with Crippen molar-refractivity contribution in [1.82, 2.24) is 15.4 Å². The minimum absolute atomic E-state index is 0.0214. The van der Waals surface area contributed by atoms with Crippen LogP contribution in [0.2, 0.25) is 0 Å². The Kier molecular flexibility index (Phi) is 2.86. The number of likely N-dealkylation sites (tertiary alicyclic amines) is 1. The SMILES string of the molecule is CCC1C2CNCC2CN1C(=O)c1cc(C)on1. The molecule has 0 aromatic carbocycles. The molecule has 5 nitrogen and oxygen atoms in total. The Morgan fingerprint density at radius 2 is 2.44 bits per heavy atom. The Balaban J connectivity index is 1.81. The van der Waals surface area contributed by atoms with E-state index >= 15 is 0 Å². The summed E-state index contributed by atoms with van der Waals surface area (Å²) in [5, 5.41) is 7.26. The second-order valence-electron chi connectivity index (χ2n) is 5.34. The smallest absolute Gasteiger partial charge is 0.276 e. The van der Waals surface area contributed by atoms with Gasteiger partial charge < -0.3 is 14.7 Å². The third-order valence-electron chi connectivity index (χ3n) is 4.24. The van der Waals surface area contributed by atoms with E-state index in [4.69, 9.17) is 4.52 Å². The van der Waals surface area contributed by atoms with Crippen LogP contribution in [0.5, 0.6) is 0 Å². The van der Waals surface area contributed by atoms with Crippen LogP contribution in [0.4, 0.5) is 0 Å². The molecular weight excluding hydrogens is 230 g/mol. The number of aromatic nitrogens is 1. The molecule has 0 bridgehead atoms. The molecule has 2 saturated heterocycles. The van der Waals surface area contributed by atoms with Gasteiger partial charge in [0, 0.05) is 31.7 Å². The molecule has 3 unspecified atom stereocenters. The average molecular weight is 249 g/mol. The number of nitrogens with one attached hydrogen (secondary N) is 1. The Morgan fingerprint density at radius 1 is 1.61 bits per heavy atom. The van der Waals surface area contributed by atoms with Gasteiger partial charge in [0.15, 0.2) is 5.69 Å². The summed E-state index contributed by atoms with van der Waals surface area (Å²) in [7, 11) is 0. The molecule has 98 valence electrons. The molecular formula is C13H19N3O2. The predicted molar refractivity (Wildman–Crippen MR) is 66.2 cm³/mol. The molecule has 3 rings (SSSR count). The second kappa shape index (κ2) is 4.39. The highest BCUT2D eigenvalue weighted by molar-refractivity contribution is 5.92. The Hall–Kier alpha value is -1.36. The highest BCUT2D eigenvalue weighted by atomic mass is 16.5. The van der Waals surface area contributed by atoms with Gasteiger partial charge in [-0.05, 0) is 25.2 Å². The lowest BCUT2D eigenvalue weighted by atomic mass is 9.93. The molecule has 5 heteroatoms. The van der Waals surface area contributed by atoms with Gasteiger partial charge in [-0.1, -0.05) is 12.1 Å². The van der Waals surface area contributed by atoms with Crippen LogP contribution in [-0.2, 0) is 0 Å². The summed E-state index contributed by atoms with van der Waals surface area (Å²) < 4.78 is 5.00. The summed E-state index contributed by atoms with van der Waals surface area (Å²) in [6.45, 7) is 6.87. The number of aryl methyl sites for hydroxylation is 1. The quantitative estimate of drug-likeness (QED) is 0.851. The van der Waals surface area contributed by atoms with Crippen LogP contribution < -0.4 is 5.32 Å². The van der Waals surface area contributed by atoms with E-state index in [2.05, 4.69) is 17.4 Å². The second-order valence-corrected chi connectivity index (χ2v) is 5.34. The number of rotatable bonds is 2. The summed E-state index contributed by atoms with van der Waals surface area (Å²) in [4.78, 5) is 14.4. The van der Waals surface area contributed by atoms with Crippen molar-refractivity contribution in [3.05, 3.63) is 17.5 Å². The van der Waals surface area contributed by atoms with Crippen LogP contribution in [0.25, 0.3) is 0 Å². The lowest BCUT2D eigenvalue weighted by Crippen LogP contribution is -2.39. The van der Waals surface area contributed by atoms with E-state index in [0.717, 1.165) is 26.1 Å². The summed E-state index contributed by atoms with van der Waals surface area (Å²) in [6.07, 6.45) is 1.01. The van der Waals surface area contributed by atoms with E-state index in [1.807, 2.05) is 11.8 Å². The van der Waals surface area contributed by atoms with Crippen molar-refractivity contribution in [2.45, 2.75) is 26.3 Å².